The van der Waals surface area contributed by atoms with Gasteiger partial charge in [0.2, 0.25) is 10.0 Å². The van der Waals surface area contributed by atoms with Gasteiger partial charge in [0, 0.05) is 12.6 Å². The molecule has 1 heterocycles. The summed E-state index contributed by atoms with van der Waals surface area (Å²) in [6.07, 6.45) is 2.49. The lowest BCUT2D eigenvalue weighted by atomic mass is 9.97. The molecule has 3 rings (SSSR count). The summed E-state index contributed by atoms with van der Waals surface area (Å²) in [4.78, 5) is 0. The quantitative estimate of drug-likeness (QED) is 0.597. The van der Waals surface area contributed by atoms with Gasteiger partial charge in [0.05, 0.1) is 17.0 Å². The number of benzene rings is 2. The topological polar surface area (TPSA) is 94.0 Å². The summed E-state index contributed by atoms with van der Waals surface area (Å²) in [6.45, 7) is 3.75. The van der Waals surface area contributed by atoms with Gasteiger partial charge in [-0.05, 0) is 73.3 Å². The van der Waals surface area contributed by atoms with Crippen LogP contribution in [0.5, 0.6) is 0 Å². The molecule has 3 N–H and O–H groups in total. The van der Waals surface area contributed by atoms with E-state index >= 15 is 0 Å². The van der Waals surface area contributed by atoms with Crippen LogP contribution in [-0.4, -0.2) is 33.3 Å². The Kier molecular flexibility index (Phi) is 7.43. The van der Waals surface area contributed by atoms with Crippen LogP contribution < -0.4 is 15.4 Å². The molecule has 0 amide bonds. The molecular weight excluding hydrogens is 403 g/mol. The molecule has 0 unspecified atom stereocenters. The second kappa shape index (κ2) is 10.0. The average Bonchev–Trinajstić information content (AvgIpc) is 2.74. The minimum absolute atomic E-state index is 0.0408. The largest absolute Gasteiger partial charge is 0.381 e. The number of hydrogen-bond acceptors (Lipinski definition) is 5. The summed E-state index contributed by atoms with van der Waals surface area (Å²) in [5.74, 6) is -0.375. The summed E-state index contributed by atoms with van der Waals surface area (Å²) < 4.78 is 40.6. The molecule has 8 heteroatoms. The third kappa shape index (κ3) is 5.79. The van der Waals surface area contributed by atoms with Crippen LogP contribution in [0.2, 0.25) is 0 Å². The molecule has 0 atom stereocenters. The number of nitriles is 1. The lowest BCUT2D eigenvalue weighted by Gasteiger charge is -2.25. The summed E-state index contributed by atoms with van der Waals surface area (Å²) in [5, 5.41) is 16.4. The van der Waals surface area contributed by atoms with E-state index in [1.165, 1.54) is 12.1 Å². The van der Waals surface area contributed by atoms with Gasteiger partial charge >= 0.3 is 0 Å². The van der Waals surface area contributed by atoms with Gasteiger partial charge in [-0.25, -0.2) is 17.5 Å². The van der Waals surface area contributed by atoms with Gasteiger partial charge in [-0.1, -0.05) is 19.1 Å². The Morgan fingerprint density at radius 2 is 1.97 bits per heavy atom. The molecule has 0 aromatic heterocycles. The van der Waals surface area contributed by atoms with Gasteiger partial charge in [-0.3, -0.25) is 0 Å². The molecule has 0 spiro atoms. The molecule has 30 heavy (non-hydrogen) atoms. The Hall–Kier alpha value is -2.47. The van der Waals surface area contributed by atoms with Crippen LogP contribution in [0.3, 0.4) is 0 Å². The Morgan fingerprint density at radius 3 is 2.67 bits per heavy atom. The van der Waals surface area contributed by atoms with E-state index in [9.17, 15) is 18.1 Å². The molecule has 6 nitrogen and oxygen atoms in total. The van der Waals surface area contributed by atoms with Crippen LogP contribution in [0.25, 0.3) is 11.1 Å². The van der Waals surface area contributed by atoms with Crippen LogP contribution in [0, 0.1) is 17.1 Å². The van der Waals surface area contributed by atoms with E-state index in [-0.39, 0.29) is 12.3 Å². The second-order valence-electron chi connectivity index (χ2n) is 7.48. The second-order valence-corrected chi connectivity index (χ2v) is 9.41. The number of anilines is 1. The number of nitrogens with one attached hydrogen (secondary N) is 3. The average molecular weight is 431 g/mol. The molecule has 1 aliphatic heterocycles. The molecule has 0 aliphatic carbocycles. The highest BCUT2D eigenvalue weighted by molar-refractivity contribution is 7.89. The van der Waals surface area contributed by atoms with Gasteiger partial charge < -0.3 is 10.6 Å². The van der Waals surface area contributed by atoms with E-state index in [0.29, 0.717) is 34.7 Å². The first-order valence-electron chi connectivity index (χ1n) is 10.2. The molecule has 0 saturated carbocycles. The monoisotopic (exact) mass is 430 g/mol. The van der Waals surface area contributed by atoms with E-state index in [0.717, 1.165) is 31.6 Å². The van der Waals surface area contributed by atoms with Crippen LogP contribution in [0.15, 0.2) is 36.4 Å². The summed E-state index contributed by atoms with van der Waals surface area (Å²) in [5.41, 5.74) is 3.13. The maximum atomic E-state index is 14.0. The minimum atomic E-state index is -3.39. The lowest BCUT2D eigenvalue weighted by Crippen LogP contribution is -2.35. The first-order chi connectivity index (χ1) is 14.4. The van der Waals surface area contributed by atoms with Crippen LogP contribution >= 0.6 is 0 Å². The van der Waals surface area contributed by atoms with E-state index in [1.54, 1.807) is 19.1 Å². The van der Waals surface area contributed by atoms with E-state index < -0.39 is 15.8 Å². The third-order valence-electron chi connectivity index (χ3n) is 5.18. The van der Waals surface area contributed by atoms with E-state index in [2.05, 4.69) is 21.4 Å². The molecule has 160 valence electrons. The zero-order valence-corrected chi connectivity index (χ0v) is 17.9. The van der Waals surface area contributed by atoms with Crippen molar-refractivity contribution in [2.45, 2.75) is 38.8 Å². The van der Waals surface area contributed by atoms with Crippen LogP contribution in [0.4, 0.5) is 10.1 Å². The smallest absolute Gasteiger partial charge is 0.211 e. The summed E-state index contributed by atoms with van der Waals surface area (Å²) in [6, 6.07) is 12.2. The molecule has 2 aromatic carbocycles. The molecule has 1 saturated heterocycles. The van der Waals surface area contributed by atoms with Gasteiger partial charge in [0.1, 0.15) is 11.9 Å². The van der Waals surface area contributed by atoms with Gasteiger partial charge in [0.15, 0.2) is 0 Å². The summed E-state index contributed by atoms with van der Waals surface area (Å²) >= 11 is 0. The van der Waals surface area contributed by atoms with Crippen LogP contribution in [-0.2, 0) is 16.6 Å². The Labute approximate surface area is 177 Å². The van der Waals surface area contributed by atoms with Gasteiger partial charge in [-0.2, -0.15) is 5.26 Å². The van der Waals surface area contributed by atoms with Gasteiger partial charge in [-0.15, -0.1) is 0 Å². The number of hydrogen-bond donors (Lipinski definition) is 3. The molecule has 1 aliphatic rings. The molecule has 1 fully saturated rings. The Balaban J connectivity index is 1.87. The number of rotatable bonds is 8. The number of sulfonamides is 1. The first kappa shape index (κ1) is 22.2. The zero-order valence-electron chi connectivity index (χ0n) is 17.0. The van der Waals surface area contributed by atoms with E-state index in [4.69, 9.17) is 0 Å². The number of halogens is 1. The van der Waals surface area contributed by atoms with Crippen molar-refractivity contribution in [1.82, 2.24) is 10.0 Å². The van der Waals surface area contributed by atoms with Crippen molar-refractivity contribution in [2.24, 2.45) is 0 Å². The molecular formula is C22H27FN4O2S. The van der Waals surface area contributed by atoms with Crippen molar-refractivity contribution in [2.75, 3.05) is 24.2 Å². The molecule has 2 aromatic rings. The van der Waals surface area contributed by atoms with Crippen molar-refractivity contribution in [3.8, 4) is 17.2 Å². The van der Waals surface area contributed by atoms with Crippen molar-refractivity contribution < 1.29 is 12.8 Å². The molecule has 0 bridgehead atoms. The third-order valence-corrected chi connectivity index (χ3v) is 6.71. The fourth-order valence-corrected chi connectivity index (χ4v) is 4.67. The molecule has 0 radical (unpaired) electrons. The van der Waals surface area contributed by atoms with Crippen molar-refractivity contribution >= 4 is 15.7 Å². The minimum Gasteiger partial charge on any atom is -0.381 e. The normalized spacial score (nSPS) is 15.0. The Morgan fingerprint density at radius 1 is 1.20 bits per heavy atom. The SMILES string of the molecule is CCCS(=O)(=O)NCc1ccc(F)cc1-c1ccc(NC2CCNCC2)c(C#N)c1. The van der Waals surface area contributed by atoms with Crippen molar-refractivity contribution in [1.29, 1.82) is 5.26 Å². The zero-order chi connectivity index (χ0) is 21.6. The van der Waals surface area contributed by atoms with Crippen LogP contribution in [0.1, 0.15) is 37.3 Å². The highest BCUT2D eigenvalue weighted by Crippen LogP contribution is 2.29. The van der Waals surface area contributed by atoms with Crippen molar-refractivity contribution in [3.63, 3.8) is 0 Å². The Bertz CT molecular complexity index is 1030. The van der Waals surface area contributed by atoms with Crippen molar-refractivity contribution in [3.05, 3.63) is 53.3 Å². The maximum Gasteiger partial charge on any atom is 0.211 e. The lowest BCUT2D eigenvalue weighted by molar-refractivity contribution is 0.479. The predicted molar refractivity (Wildman–Crippen MR) is 117 cm³/mol. The summed E-state index contributed by atoms with van der Waals surface area (Å²) in [7, 11) is -3.39. The predicted octanol–water partition coefficient (Wildman–Crippen LogP) is 3.36. The first-order valence-corrected chi connectivity index (χ1v) is 11.8. The highest BCUT2D eigenvalue weighted by atomic mass is 32.2. The van der Waals surface area contributed by atoms with E-state index in [1.807, 2.05) is 12.1 Å². The maximum absolute atomic E-state index is 14.0. The number of nitrogens with zero attached hydrogens (tertiary/aromatic N) is 1. The fourth-order valence-electron chi connectivity index (χ4n) is 3.62. The fraction of sp³-hybridized carbons (Fsp3) is 0.409. The van der Waals surface area contributed by atoms with Gasteiger partial charge in [0.25, 0.3) is 0 Å². The number of piperidine rings is 1. The standard InChI is InChI=1S/C22H27FN4O2S/c1-2-11-30(28,29)26-15-17-3-5-19(23)13-21(17)16-4-6-22(18(12-16)14-24)27-20-7-9-25-10-8-20/h3-6,12-13,20,25-27H,2,7-11,15H2,1H3. The highest BCUT2D eigenvalue weighted by Gasteiger charge is 2.16.